The van der Waals surface area contributed by atoms with Gasteiger partial charge in [0.2, 0.25) is 4.77 Å². The number of benzene rings is 3. The largest absolute Gasteiger partial charge is 0.497 e. The monoisotopic (exact) mass is 501 g/mol. The molecule has 0 unspecified atom stereocenters. The van der Waals surface area contributed by atoms with Gasteiger partial charge in [-0.05, 0) is 66.8 Å². The smallest absolute Gasteiger partial charge is 0.203 e. The van der Waals surface area contributed by atoms with Crippen LogP contribution < -0.4 is 9.47 Å². The van der Waals surface area contributed by atoms with E-state index >= 15 is 0 Å². The van der Waals surface area contributed by atoms with Gasteiger partial charge in [-0.25, -0.2) is 4.68 Å². The first-order chi connectivity index (χ1) is 17.6. The van der Waals surface area contributed by atoms with Crippen molar-refractivity contribution in [1.82, 2.24) is 24.1 Å². The maximum Gasteiger partial charge on any atom is 0.203 e. The Morgan fingerprint density at radius 1 is 0.806 bits per heavy atom. The molecule has 0 bridgehead atoms. The molecule has 1 aromatic heterocycles. The summed E-state index contributed by atoms with van der Waals surface area (Å²) in [6.07, 6.45) is 0. The van der Waals surface area contributed by atoms with Crippen LogP contribution >= 0.6 is 12.2 Å². The zero-order chi connectivity index (χ0) is 24.9. The average molecular weight is 502 g/mol. The van der Waals surface area contributed by atoms with Gasteiger partial charge in [0, 0.05) is 26.2 Å². The Morgan fingerprint density at radius 3 is 2.11 bits per heavy atom. The molecule has 1 aliphatic rings. The zero-order valence-corrected chi connectivity index (χ0v) is 21.5. The number of nitrogens with zero attached hydrogens (tertiary/aromatic N) is 5. The molecule has 0 saturated carbocycles. The van der Waals surface area contributed by atoms with Gasteiger partial charge in [-0.15, -0.1) is 0 Å². The van der Waals surface area contributed by atoms with Crippen LogP contribution in [0.5, 0.6) is 11.5 Å². The van der Waals surface area contributed by atoms with Gasteiger partial charge in [-0.2, -0.15) is 5.10 Å². The van der Waals surface area contributed by atoms with Crippen molar-refractivity contribution in [2.24, 2.45) is 0 Å². The van der Waals surface area contributed by atoms with E-state index in [2.05, 4.69) is 41.1 Å². The fraction of sp³-hybridized carbons (Fsp3) is 0.286. The van der Waals surface area contributed by atoms with Crippen LogP contribution in [0.2, 0.25) is 0 Å². The third kappa shape index (κ3) is 5.51. The molecule has 1 saturated heterocycles. The Hall–Kier alpha value is -3.46. The van der Waals surface area contributed by atoms with Gasteiger partial charge in [-0.1, -0.05) is 42.5 Å². The molecule has 3 aromatic carbocycles. The molecular weight excluding hydrogens is 470 g/mol. The number of ether oxygens (including phenoxy) is 2. The van der Waals surface area contributed by atoms with Crippen LogP contribution in [-0.2, 0) is 13.3 Å². The summed E-state index contributed by atoms with van der Waals surface area (Å²) in [7, 11) is 3.82. The SMILES string of the molecule is COc1ccc(-n2c(COc3ccc(-c4ccccc4)cc3)nn(CN3CCN(C)CC3)c2=S)cc1. The maximum absolute atomic E-state index is 6.17. The van der Waals surface area contributed by atoms with Crippen molar-refractivity contribution < 1.29 is 9.47 Å². The van der Waals surface area contributed by atoms with E-state index in [0.29, 0.717) is 18.0 Å². The molecule has 1 aliphatic heterocycles. The van der Waals surface area contributed by atoms with Gasteiger partial charge in [0.15, 0.2) is 5.82 Å². The summed E-state index contributed by atoms with van der Waals surface area (Å²) in [6, 6.07) is 26.3. The predicted molar refractivity (Wildman–Crippen MR) is 144 cm³/mol. The van der Waals surface area contributed by atoms with Crippen LogP contribution in [0.15, 0.2) is 78.9 Å². The summed E-state index contributed by atoms with van der Waals surface area (Å²) < 4.78 is 16.1. The van der Waals surface area contributed by atoms with Gasteiger partial charge in [-0.3, -0.25) is 9.47 Å². The maximum atomic E-state index is 6.17. The quantitative estimate of drug-likeness (QED) is 0.321. The lowest BCUT2D eigenvalue weighted by atomic mass is 10.1. The lowest BCUT2D eigenvalue weighted by Crippen LogP contribution is -2.45. The summed E-state index contributed by atoms with van der Waals surface area (Å²) >= 11 is 5.89. The molecule has 7 nitrogen and oxygen atoms in total. The summed E-state index contributed by atoms with van der Waals surface area (Å²) in [5.41, 5.74) is 3.27. The molecule has 0 N–H and O–H groups in total. The highest BCUT2D eigenvalue weighted by molar-refractivity contribution is 7.71. The summed E-state index contributed by atoms with van der Waals surface area (Å²) in [5, 5.41) is 4.89. The molecule has 0 radical (unpaired) electrons. The van der Waals surface area contributed by atoms with Gasteiger partial charge in [0.05, 0.1) is 19.5 Å². The molecule has 4 aromatic rings. The van der Waals surface area contributed by atoms with Crippen LogP contribution in [-0.4, -0.2) is 64.5 Å². The zero-order valence-electron chi connectivity index (χ0n) is 20.7. The molecule has 186 valence electrons. The van der Waals surface area contributed by atoms with Crippen molar-refractivity contribution in [1.29, 1.82) is 0 Å². The van der Waals surface area contributed by atoms with E-state index < -0.39 is 0 Å². The first kappa shape index (κ1) is 24.2. The van der Waals surface area contributed by atoms with E-state index in [1.807, 2.05) is 63.8 Å². The Morgan fingerprint density at radius 2 is 1.44 bits per heavy atom. The van der Waals surface area contributed by atoms with Crippen LogP contribution in [0.4, 0.5) is 0 Å². The van der Waals surface area contributed by atoms with Gasteiger partial charge in [0.1, 0.15) is 18.1 Å². The van der Waals surface area contributed by atoms with Crippen molar-refractivity contribution in [2.75, 3.05) is 40.3 Å². The van der Waals surface area contributed by atoms with Crippen molar-refractivity contribution >= 4 is 12.2 Å². The second-order valence-corrected chi connectivity index (χ2v) is 9.34. The van der Waals surface area contributed by atoms with Crippen LogP contribution in [0.1, 0.15) is 5.82 Å². The van der Waals surface area contributed by atoms with Gasteiger partial charge < -0.3 is 14.4 Å². The molecular formula is C28H31N5O2S. The van der Waals surface area contributed by atoms with Crippen molar-refractivity contribution in [3.8, 4) is 28.3 Å². The minimum absolute atomic E-state index is 0.302. The number of hydrogen-bond donors (Lipinski definition) is 0. The summed E-state index contributed by atoms with van der Waals surface area (Å²) in [4.78, 5) is 4.72. The fourth-order valence-electron chi connectivity index (χ4n) is 4.33. The number of rotatable bonds is 8. The highest BCUT2D eigenvalue weighted by Crippen LogP contribution is 2.23. The van der Waals surface area contributed by atoms with Crippen molar-refractivity contribution in [3.05, 3.63) is 89.5 Å². The topological polar surface area (TPSA) is 47.7 Å². The lowest BCUT2D eigenvalue weighted by Gasteiger charge is -2.31. The Balaban J connectivity index is 1.38. The Kier molecular flexibility index (Phi) is 7.46. The minimum atomic E-state index is 0.302. The molecule has 5 rings (SSSR count). The summed E-state index contributed by atoms with van der Waals surface area (Å²) in [5.74, 6) is 2.34. The van der Waals surface area contributed by atoms with E-state index in [-0.39, 0.29) is 0 Å². The van der Waals surface area contributed by atoms with Gasteiger partial charge >= 0.3 is 0 Å². The molecule has 36 heavy (non-hydrogen) atoms. The molecule has 1 fully saturated rings. The number of aromatic nitrogens is 3. The lowest BCUT2D eigenvalue weighted by molar-refractivity contribution is 0.118. The van der Waals surface area contributed by atoms with E-state index in [1.54, 1.807) is 7.11 Å². The fourth-order valence-corrected chi connectivity index (χ4v) is 4.64. The van der Waals surface area contributed by atoms with Crippen molar-refractivity contribution in [3.63, 3.8) is 0 Å². The van der Waals surface area contributed by atoms with Crippen LogP contribution in [0.25, 0.3) is 16.8 Å². The highest BCUT2D eigenvalue weighted by atomic mass is 32.1. The normalized spacial score (nSPS) is 14.6. The molecule has 0 amide bonds. The second-order valence-electron chi connectivity index (χ2n) is 8.97. The second kappa shape index (κ2) is 11.1. The highest BCUT2D eigenvalue weighted by Gasteiger charge is 2.18. The first-order valence-electron chi connectivity index (χ1n) is 12.1. The predicted octanol–water partition coefficient (Wildman–Crippen LogP) is 4.86. The average Bonchev–Trinajstić information content (AvgIpc) is 3.24. The number of methoxy groups -OCH3 is 1. The minimum Gasteiger partial charge on any atom is -0.497 e. The Bertz CT molecular complexity index is 1330. The van der Waals surface area contributed by atoms with E-state index in [9.17, 15) is 0 Å². The standard InChI is InChI=1S/C28H31N5O2S/c1-30-16-18-31(19-17-30)21-32-28(36)33(24-10-14-25(34-2)15-11-24)27(29-32)20-35-26-12-8-23(9-13-26)22-6-4-3-5-7-22/h3-15H,16-21H2,1-2H3. The first-order valence-corrected chi connectivity index (χ1v) is 12.5. The third-order valence-electron chi connectivity index (χ3n) is 6.50. The number of piperazine rings is 1. The summed E-state index contributed by atoms with van der Waals surface area (Å²) in [6.45, 7) is 5.04. The van der Waals surface area contributed by atoms with E-state index in [1.165, 1.54) is 5.56 Å². The Labute approximate surface area is 217 Å². The third-order valence-corrected chi connectivity index (χ3v) is 6.89. The van der Waals surface area contributed by atoms with Crippen LogP contribution in [0, 0.1) is 4.77 Å². The van der Waals surface area contributed by atoms with Crippen molar-refractivity contribution in [2.45, 2.75) is 13.3 Å². The molecule has 0 spiro atoms. The van der Waals surface area contributed by atoms with E-state index in [0.717, 1.165) is 54.8 Å². The number of hydrogen-bond acceptors (Lipinski definition) is 6. The van der Waals surface area contributed by atoms with Crippen LogP contribution in [0.3, 0.4) is 0 Å². The molecule has 8 heteroatoms. The van der Waals surface area contributed by atoms with E-state index in [4.69, 9.17) is 26.8 Å². The molecule has 0 aliphatic carbocycles. The molecule has 2 heterocycles. The molecule has 0 atom stereocenters. The van der Waals surface area contributed by atoms with Gasteiger partial charge in [0.25, 0.3) is 0 Å². The number of likely N-dealkylation sites (N-methyl/N-ethyl adjacent to an activating group) is 1.